The summed E-state index contributed by atoms with van der Waals surface area (Å²) in [6.07, 6.45) is 0. The molecule has 1 aliphatic heterocycles. The average molecular weight is 327 g/mol. The zero-order valence-corrected chi connectivity index (χ0v) is 13.4. The smallest absolute Gasteiger partial charge is 0.257 e. The fourth-order valence-corrected chi connectivity index (χ4v) is 3.36. The second-order valence-electron chi connectivity index (χ2n) is 5.27. The molecule has 6 nitrogen and oxygen atoms in total. The maximum Gasteiger partial charge on any atom is 0.257 e. The van der Waals surface area contributed by atoms with Gasteiger partial charge in [0.1, 0.15) is 0 Å². The Hall–Kier alpha value is -2.67. The quantitative estimate of drug-likeness (QED) is 0.782. The number of carbonyl (C=O) groups excluding carboxylic acids is 1. The zero-order valence-electron chi connectivity index (χ0n) is 12.5. The van der Waals surface area contributed by atoms with E-state index in [-0.39, 0.29) is 12.7 Å². The number of nitrogens with zero attached hydrogens (tertiary/aromatic N) is 2. The van der Waals surface area contributed by atoms with E-state index >= 15 is 0 Å². The molecule has 3 heterocycles. The van der Waals surface area contributed by atoms with Crippen molar-refractivity contribution in [2.75, 3.05) is 12.1 Å². The Bertz CT molecular complexity index is 936. The number of aromatic nitrogens is 2. The van der Waals surface area contributed by atoms with Crippen molar-refractivity contribution < 1.29 is 14.3 Å². The second kappa shape index (κ2) is 5.20. The number of hydrogen-bond donors (Lipinski definition) is 1. The van der Waals surface area contributed by atoms with Gasteiger partial charge in [0.2, 0.25) is 6.79 Å². The maximum atomic E-state index is 12.4. The summed E-state index contributed by atoms with van der Waals surface area (Å²) >= 11 is 1.42. The molecule has 2 aromatic heterocycles. The van der Waals surface area contributed by atoms with Gasteiger partial charge in [-0.15, -0.1) is 0 Å². The molecule has 0 unspecified atom stereocenters. The molecule has 0 atom stereocenters. The van der Waals surface area contributed by atoms with Crippen LogP contribution in [-0.2, 0) is 0 Å². The van der Waals surface area contributed by atoms with Crippen LogP contribution in [-0.4, -0.2) is 22.7 Å². The van der Waals surface area contributed by atoms with Crippen molar-refractivity contribution in [1.29, 1.82) is 0 Å². The fourth-order valence-electron chi connectivity index (χ4n) is 2.48. The SMILES string of the molecule is Cc1cc(C)c2sc(NC(=O)c3ccc4c(c3)OCO4)nc2n1. The van der Waals surface area contributed by atoms with E-state index in [2.05, 4.69) is 15.3 Å². The van der Waals surface area contributed by atoms with Gasteiger partial charge in [0.15, 0.2) is 22.3 Å². The van der Waals surface area contributed by atoms with Crippen molar-refractivity contribution in [1.82, 2.24) is 9.97 Å². The number of pyridine rings is 1. The molecule has 4 rings (SSSR count). The van der Waals surface area contributed by atoms with E-state index < -0.39 is 0 Å². The van der Waals surface area contributed by atoms with Gasteiger partial charge in [0.25, 0.3) is 5.91 Å². The Balaban J connectivity index is 1.62. The molecule has 116 valence electrons. The minimum absolute atomic E-state index is 0.183. The van der Waals surface area contributed by atoms with E-state index in [0.717, 1.165) is 16.0 Å². The minimum atomic E-state index is -0.239. The summed E-state index contributed by atoms with van der Waals surface area (Å²) in [5.74, 6) is 0.989. The molecule has 23 heavy (non-hydrogen) atoms. The number of hydrogen-bond acceptors (Lipinski definition) is 6. The van der Waals surface area contributed by atoms with Crippen LogP contribution < -0.4 is 14.8 Å². The van der Waals surface area contributed by atoms with Gasteiger partial charge in [-0.2, -0.15) is 4.98 Å². The Morgan fingerprint density at radius 3 is 2.87 bits per heavy atom. The lowest BCUT2D eigenvalue weighted by Crippen LogP contribution is -2.11. The molecular formula is C16H13N3O3S. The molecule has 0 saturated heterocycles. The zero-order chi connectivity index (χ0) is 16.0. The predicted molar refractivity (Wildman–Crippen MR) is 87.4 cm³/mol. The lowest BCUT2D eigenvalue weighted by atomic mass is 10.2. The van der Waals surface area contributed by atoms with Gasteiger partial charge >= 0.3 is 0 Å². The van der Waals surface area contributed by atoms with E-state index in [4.69, 9.17) is 9.47 Å². The van der Waals surface area contributed by atoms with Gasteiger partial charge < -0.3 is 9.47 Å². The standard InChI is InChI=1S/C16H13N3O3S/c1-8-5-9(2)17-14-13(8)23-16(18-14)19-15(20)10-3-4-11-12(6-10)22-7-21-11/h3-6H,7H2,1-2H3,(H,17,18,19,20). The minimum Gasteiger partial charge on any atom is -0.454 e. The third-order valence-electron chi connectivity index (χ3n) is 3.53. The van der Waals surface area contributed by atoms with E-state index in [9.17, 15) is 4.79 Å². The predicted octanol–water partition coefficient (Wildman–Crippen LogP) is 3.29. The van der Waals surface area contributed by atoms with E-state index in [1.165, 1.54) is 11.3 Å². The van der Waals surface area contributed by atoms with Gasteiger partial charge in [0.05, 0.1) is 4.70 Å². The lowest BCUT2D eigenvalue weighted by molar-refractivity contribution is 0.102. The Morgan fingerprint density at radius 1 is 1.17 bits per heavy atom. The molecule has 0 aliphatic carbocycles. The molecule has 1 aliphatic rings. The number of aryl methyl sites for hydroxylation is 2. The Kier molecular flexibility index (Phi) is 3.16. The van der Waals surface area contributed by atoms with Gasteiger partial charge in [-0.1, -0.05) is 11.3 Å². The van der Waals surface area contributed by atoms with Crippen LogP contribution in [0.25, 0.3) is 10.3 Å². The summed E-state index contributed by atoms with van der Waals surface area (Å²) in [7, 11) is 0. The van der Waals surface area contributed by atoms with Crippen LogP contribution >= 0.6 is 11.3 Å². The normalized spacial score (nSPS) is 12.6. The second-order valence-corrected chi connectivity index (χ2v) is 6.27. The molecule has 1 amide bonds. The molecule has 1 N–H and O–H groups in total. The third-order valence-corrected chi connectivity index (χ3v) is 4.63. The number of nitrogens with one attached hydrogen (secondary N) is 1. The number of thiazole rings is 1. The monoisotopic (exact) mass is 327 g/mol. The highest BCUT2D eigenvalue weighted by molar-refractivity contribution is 7.22. The number of benzene rings is 1. The summed E-state index contributed by atoms with van der Waals surface area (Å²) in [6.45, 7) is 4.12. The van der Waals surface area contributed by atoms with Gasteiger partial charge in [-0.05, 0) is 43.7 Å². The number of anilines is 1. The van der Waals surface area contributed by atoms with Crippen molar-refractivity contribution in [2.24, 2.45) is 0 Å². The van der Waals surface area contributed by atoms with Crippen LogP contribution in [0.5, 0.6) is 11.5 Å². The van der Waals surface area contributed by atoms with Crippen LogP contribution in [0.15, 0.2) is 24.3 Å². The van der Waals surface area contributed by atoms with Crippen molar-refractivity contribution in [3.8, 4) is 11.5 Å². The molecule has 0 radical (unpaired) electrons. The number of carbonyl (C=O) groups is 1. The molecule has 0 bridgehead atoms. The number of ether oxygens (including phenoxy) is 2. The molecule has 1 aromatic carbocycles. The topological polar surface area (TPSA) is 73.3 Å². The lowest BCUT2D eigenvalue weighted by Gasteiger charge is -2.02. The first-order valence-electron chi connectivity index (χ1n) is 7.06. The van der Waals surface area contributed by atoms with Crippen LogP contribution in [0.1, 0.15) is 21.6 Å². The summed E-state index contributed by atoms with van der Waals surface area (Å²) in [6, 6.07) is 7.09. The molecule has 0 saturated carbocycles. The largest absolute Gasteiger partial charge is 0.454 e. The molecular weight excluding hydrogens is 314 g/mol. The first kappa shape index (κ1) is 14.0. The highest BCUT2D eigenvalue weighted by atomic mass is 32.1. The van der Waals surface area contributed by atoms with E-state index in [0.29, 0.717) is 27.8 Å². The maximum absolute atomic E-state index is 12.4. The average Bonchev–Trinajstić information content (AvgIpc) is 3.12. The van der Waals surface area contributed by atoms with Crippen LogP contribution in [0.2, 0.25) is 0 Å². The van der Waals surface area contributed by atoms with Crippen molar-refractivity contribution in [3.63, 3.8) is 0 Å². The van der Waals surface area contributed by atoms with Gasteiger partial charge in [0, 0.05) is 11.3 Å². The third kappa shape index (κ3) is 2.49. The number of fused-ring (bicyclic) bond motifs is 2. The summed E-state index contributed by atoms with van der Waals surface area (Å²) in [4.78, 5) is 21.2. The Labute approximate surface area is 136 Å². The van der Waals surface area contributed by atoms with Gasteiger partial charge in [-0.25, -0.2) is 4.98 Å². The fraction of sp³-hybridized carbons (Fsp3) is 0.188. The summed E-state index contributed by atoms with van der Waals surface area (Å²) in [5.41, 5.74) is 3.17. The van der Waals surface area contributed by atoms with Gasteiger partial charge in [-0.3, -0.25) is 10.1 Å². The van der Waals surface area contributed by atoms with Crippen LogP contribution in [0.3, 0.4) is 0 Å². The molecule has 7 heteroatoms. The number of rotatable bonds is 2. The van der Waals surface area contributed by atoms with Crippen LogP contribution in [0, 0.1) is 13.8 Å². The summed E-state index contributed by atoms with van der Waals surface area (Å²) < 4.78 is 11.5. The molecule has 0 fully saturated rings. The highest BCUT2D eigenvalue weighted by Gasteiger charge is 2.17. The van der Waals surface area contributed by atoms with Crippen molar-refractivity contribution in [2.45, 2.75) is 13.8 Å². The first-order chi connectivity index (χ1) is 11.1. The number of amides is 1. The van der Waals surface area contributed by atoms with Crippen LogP contribution in [0.4, 0.5) is 5.13 Å². The molecule has 0 spiro atoms. The van der Waals surface area contributed by atoms with Crippen molar-refractivity contribution >= 4 is 32.7 Å². The molecule has 3 aromatic rings. The van der Waals surface area contributed by atoms with E-state index in [1.807, 2.05) is 19.9 Å². The van der Waals surface area contributed by atoms with Crippen molar-refractivity contribution in [3.05, 3.63) is 41.1 Å². The highest BCUT2D eigenvalue weighted by Crippen LogP contribution is 2.33. The van der Waals surface area contributed by atoms with E-state index in [1.54, 1.807) is 18.2 Å². The first-order valence-corrected chi connectivity index (χ1v) is 7.87. The summed E-state index contributed by atoms with van der Waals surface area (Å²) in [5, 5.41) is 3.35. The Morgan fingerprint density at radius 2 is 2.00 bits per heavy atom.